The number of aryl methyl sites for hydroxylation is 1. The number of carboxylic acids is 1. The van der Waals surface area contributed by atoms with Gasteiger partial charge in [-0.05, 0) is 49.8 Å². The summed E-state index contributed by atoms with van der Waals surface area (Å²) in [4.78, 5) is 25.8. The molecule has 1 aromatic carbocycles. The van der Waals surface area contributed by atoms with E-state index in [2.05, 4.69) is 15.8 Å². The molecule has 1 heterocycles. The third kappa shape index (κ3) is 6.46. The van der Waals surface area contributed by atoms with Crippen LogP contribution in [0, 0.1) is 12.8 Å². The molecule has 1 aromatic heterocycles. The molecule has 2 aromatic rings. The van der Waals surface area contributed by atoms with Gasteiger partial charge in [0.1, 0.15) is 5.76 Å². The van der Waals surface area contributed by atoms with E-state index in [4.69, 9.17) is 4.52 Å². The highest BCUT2D eigenvalue weighted by atomic mass is 19.4. The minimum absolute atomic E-state index is 0.0774. The summed E-state index contributed by atoms with van der Waals surface area (Å²) in [5, 5.41) is 18.3. The summed E-state index contributed by atoms with van der Waals surface area (Å²) >= 11 is 0. The van der Waals surface area contributed by atoms with Crippen molar-refractivity contribution in [2.45, 2.75) is 70.0 Å². The Kier molecular flexibility index (Phi) is 7.23. The van der Waals surface area contributed by atoms with Crippen LogP contribution in [0.4, 0.5) is 35.2 Å². The predicted molar refractivity (Wildman–Crippen MR) is 124 cm³/mol. The van der Waals surface area contributed by atoms with Crippen LogP contribution >= 0.6 is 0 Å². The second-order valence-corrected chi connectivity index (χ2v) is 9.32. The molecule has 190 valence electrons. The van der Waals surface area contributed by atoms with Crippen LogP contribution in [0.1, 0.15) is 62.2 Å². The number of carbonyl (C=O) groups excluding carboxylic acids is 1. The van der Waals surface area contributed by atoms with Crippen LogP contribution in [0.5, 0.6) is 0 Å². The summed E-state index contributed by atoms with van der Waals surface area (Å²) in [5.74, 6) is -0.872. The molecule has 0 spiro atoms. The first-order valence-corrected chi connectivity index (χ1v) is 11.8. The minimum Gasteiger partial charge on any atom is -0.481 e. The first-order chi connectivity index (χ1) is 16.6. The quantitative estimate of drug-likeness (QED) is 0.421. The first-order valence-electron chi connectivity index (χ1n) is 11.8. The monoisotopic (exact) mass is 494 g/mol. The number of hydrogen-bond donors (Lipinski definition) is 3. The van der Waals surface area contributed by atoms with E-state index in [1.807, 2.05) is 0 Å². The van der Waals surface area contributed by atoms with Gasteiger partial charge in [-0.2, -0.15) is 13.2 Å². The molecule has 2 aliphatic carbocycles. The molecule has 8 nitrogen and oxygen atoms in total. The molecular formula is C24H29F3N4O4. The highest BCUT2D eigenvalue weighted by Gasteiger charge is 2.44. The Morgan fingerprint density at radius 1 is 1.17 bits per heavy atom. The number of benzene rings is 1. The summed E-state index contributed by atoms with van der Waals surface area (Å²) in [7, 11) is 0. The highest BCUT2D eigenvalue weighted by Crippen LogP contribution is 2.49. The Morgan fingerprint density at radius 2 is 1.91 bits per heavy atom. The maximum absolute atomic E-state index is 13.2. The Labute approximate surface area is 200 Å². The van der Waals surface area contributed by atoms with E-state index in [0.29, 0.717) is 23.6 Å². The number of hydrogen-bond acceptors (Lipinski definition) is 5. The number of urea groups is 1. The van der Waals surface area contributed by atoms with E-state index in [1.165, 1.54) is 6.07 Å². The number of anilines is 3. The highest BCUT2D eigenvalue weighted by molar-refractivity contribution is 6.01. The summed E-state index contributed by atoms with van der Waals surface area (Å²) in [6, 6.07) is 5.98. The zero-order valence-corrected chi connectivity index (χ0v) is 19.4. The zero-order chi connectivity index (χ0) is 25.2. The SMILES string of the molecule is Cc1cc(NC(=O)Nc2cc([C@@H]3C[C@@H]3C(=O)O)ccc2N(CCC(F)(F)F)C2CCCCC2)no1. The smallest absolute Gasteiger partial charge is 0.390 e. The number of carboxylic acid groups (broad SMARTS) is 1. The molecule has 2 amide bonds. The number of alkyl halides is 3. The normalized spacial score (nSPS) is 20.3. The van der Waals surface area contributed by atoms with E-state index in [-0.39, 0.29) is 24.3 Å². The van der Waals surface area contributed by atoms with Gasteiger partial charge in [-0.15, -0.1) is 0 Å². The molecule has 2 saturated carbocycles. The van der Waals surface area contributed by atoms with Gasteiger partial charge < -0.3 is 19.8 Å². The van der Waals surface area contributed by atoms with Crippen molar-refractivity contribution in [1.29, 1.82) is 0 Å². The van der Waals surface area contributed by atoms with Gasteiger partial charge in [-0.25, -0.2) is 4.79 Å². The summed E-state index contributed by atoms with van der Waals surface area (Å²) < 4.78 is 44.5. The topological polar surface area (TPSA) is 108 Å². The molecule has 0 aliphatic heterocycles. The number of aromatic nitrogens is 1. The second-order valence-electron chi connectivity index (χ2n) is 9.32. The average Bonchev–Trinajstić information content (AvgIpc) is 3.51. The molecule has 0 bridgehead atoms. The van der Waals surface area contributed by atoms with Crippen LogP contribution in [0.3, 0.4) is 0 Å². The summed E-state index contributed by atoms with van der Waals surface area (Å²) in [5.41, 5.74) is 1.56. The molecular weight excluding hydrogens is 465 g/mol. The van der Waals surface area contributed by atoms with Gasteiger partial charge in [0.05, 0.1) is 23.7 Å². The Bertz CT molecular complexity index is 1070. The van der Waals surface area contributed by atoms with Crippen LogP contribution in [0.15, 0.2) is 28.8 Å². The summed E-state index contributed by atoms with van der Waals surface area (Å²) in [6.45, 7) is 1.45. The molecule has 4 rings (SSSR count). The Morgan fingerprint density at radius 3 is 2.51 bits per heavy atom. The van der Waals surface area contributed by atoms with E-state index in [1.54, 1.807) is 30.0 Å². The van der Waals surface area contributed by atoms with Crippen molar-refractivity contribution in [3.05, 3.63) is 35.6 Å². The molecule has 3 N–H and O–H groups in total. The lowest BCUT2D eigenvalue weighted by atomic mass is 9.93. The summed E-state index contributed by atoms with van der Waals surface area (Å²) in [6.07, 6.45) is -0.348. The molecule has 35 heavy (non-hydrogen) atoms. The number of rotatable bonds is 8. The molecule has 2 fully saturated rings. The van der Waals surface area contributed by atoms with Crippen molar-refractivity contribution in [2.24, 2.45) is 5.92 Å². The van der Waals surface area contributed by atoms with Crippen LogP contribution in [0.25, 0.3) is 0 Å². The lowest BCUT2D eigenvalue weighted by molar-refractivity contribution is -0.138. The van der Waals surface area contributed by atoms with Crippen molar-refractivity contribution in [2.75, 3.05) is 22.1 Å². The van der Waals surface area contributed by atoms with Gasteiger partial charge in [0.15, 0.2) is 5.82 Å². The lowest BCUT2D eigenvalue weighted by Crippen LogP contribution is -2.39. The van der Waals surface area contributed by atoms with Crippen molar-refractivity contribution in [1.82, 2.24) is 5.16 Å². The lowest BCUT2D eigenvalue weighted by Gasteiger charge is -2.37. The van der Waals surface area contributed by atoms with E-state index >= 15 is 0 Å². The van der Waals surface area contributed by atoms with Crippen molar-refractivity contribution in [3.63, 3.8) is 0 Å². The van der Waals surface area contributed by atoms with Crippen molar-refractivity contribution >= 4 is 29.2 Å². The number of aliphatic carboxylic acids is 1. The maximum Gasteiger partial charge on any atom is 0.390 e. The molecule has 0 radical (unpaired) electrons. The second kappa shape index (κ2) is 10.2. The third-order valence-corrected chi connectivity index (χ3v) is 6.64. The zero-order valence-electron chi connectivity index (χ0n) is 19.4. The Hall–Kier alpha value is -3.24. The number of halogens is 3. The molecule has 0 unspecified atom stereocenters. The van der Waals surface area contributed by atoms with Gasteiger partial charge in [0.25, 0.3) is 0 Å². The Balaban J connectivity index is 1.64. The van der Waals surface area contributed by atoms with E-state index in [9.17, 15) is 27.9 Å². The fraction of sp³-hybridized carbons (Fsp3) is 0.542. The van der Waals surface area contributed by atoms with Gasteiger partial charge in [0.2, 0.25) is 0 Å². The van der Waals surface area contributed by atoms with Gasteiger partial charge in [-0.1, -0.05) is 30.5 Å². The number of nitrogens with one attached hydrogen (secondary N) is 2. The van der Waals surface area contributed by atoms with Gasteiger partial charge >= 0.3 is 18.2 Å². The number of nitrogens with zero attached hydrogens (tertiary/aromatic N) is 2. The number of carbonyl (C=O) groups is 2. The minimum atomic E-state index is -4.31. The fourth-order valence-electron chi connectivity index (χ4n) is 4.81. The van der Waals surface area contributed by atoms with Crippen molar-refractivity contribution in [3.8, 4) is 0 Å². The predicted octanol–water partition coefficient (Wildman–Crippen LogP) is 5.91. The van der Waals surface area contributed by atoms with E-state index in [0.717, 1.165) is 37.7 Å². The van der Waals surface area contributed by atoms with Crippen LogP contribution in [0.2, 0.25) is 0 Å². The maximum atomic E-state index is 13.2. The third-order valence-electron chi connectivity index (χ3n) is 6.64. The van der Waals surface area contributed by atoms with Gasteiger partial charge in [0, 0.05) is 18.7 Å². The molecule has 2 atom stereocenters. The molecule has 11 heteroatoms. The van der Waals surface area contributed by atoms with E-state index < -0.39 is 30.5 Å². The fourth-order valence-corrected chi connectivity index (χ4v) is 4.81. The molecule has 0 saturated heterocycles. The van der Waals surface area contributed by atoms with Gasteiger partial charge in [-0.3, -0.25) is 10.1 Å². The van der Waals surface area contributed by atoms with Crippen LogP contribution in [-0.4, -0.2) is 41.0 Å². The van der Waals surface area contributed by atoms with Crippen molar-refractivity contribution < 1.29 is 32.4 Å². The van der Waals surface area contributed by atoms with Crippen LogP contribution < -0.4 is 15.5 Å². The molecule has 2 aliphatic rings. The average molecular weight is 495 g/mol. The first kappa shape index (κ1) is 24.9. The standard InChI is InChI=1S/C24H29F3N4O4/c1-14-11-21(30-35-14)29-23(34)28-19-12-15(17-13-18(17)22(32)33)7-8-20(19)31(10-9-24(25,26)27)16-5-3-2-4-6-16/h7-8,11-12,16-18H,2-6,9-10,13H2,1H3,(H,32,33)(H2,28,29,30,34)/t17-,18-/m0/s1. The number of amides is 2. The largest absolute Gasteiger partial charge is 0.481 e. The van der Waals surface area contributed by atoms with Crippen LogP contribution in [-0.2, 0) is 4.79 Å².